The summed E-state index contributed by atoms with van der Waals surface area (Å²) >= 11 is 3.03. The third-order valence-corrected chi connectivity index (χ3v) is 1.83. The lowest BCUT2D eigenvalue weighted by Gasteiger charge is -2.10. The molecule has 3 nitrogen and oxygen atoms in total. The number of nitrogens with two attached hydrogens (primary N) is 1. The highest BCUT2D eigenvalue weighted by Gasteiger charge is 2.40. The van der Waals surface area contributed by atoms with Crippen molar-refractivity contribution in [2.24, 2.45) is 5.73 Å². The van der Waals surface area contributed by atoms with Gasteiger partial charge in [0, 0.05) is 10.7 Å². The van der Waals surface area contributed by atoms with Crippen LogP contribution in [-0.4, -0.2) is 10.9 Å². The van der Waals surface area contributed by atoms with Crippen LogP contribution in [0.15, 0.2) is 22.8 Å². The van der Waals surface area contributed by atoms with Gasteiger partial charge in [0.25, 0.3) is 5.91 Å². The van der Waals surface area contributed by atoms with Crippen LogP contribution in [0.3, 0.4) is 0 Å². The van der Waals surface area contributed by atoms with Gasteiger partial charge in [-0.25, -0.2) is 0 Å². The minimum atomic E-state index is -3.71. The van der Waals surface area contributed by atoms with Gasteiger partial charge in [-0.15, -0.1) is 0 Å². The zero-order valence-electron chi connectivity index (χ0n) is 6.30. The molecule has 6 heteroatoms. The Morgan fingerprint density at radius 1 is 1.54 bits per heavy atom. The molecule has 2 N–H and O–H groups in total. The van der Waals surface area contributed by atoms with E-state index >= 15 is 0 Å². The number of rotatable bonds is 2. The highest BCUT2D eigenvalue weighted by molar-refractivity contribution is 9.10. The Hall–Kier alpha value is -1.04. The van der Waals surface area contributed by atoms with Crippen molar-refractivity contribution in [1.82, 2.24) is 4.98 Å². The lowest BCUT2D eigenvalue weighted by Crippen LogP contribution is -2.33. The maximum atomic E-state index is 12.9. The molecule has 0 aliphatic rings. The van der Waals surface area contributed by atoms with E-state index in [2.05, 4.69) is 26.6 Å². The zero-order chi connectivity index (χ0) is 10.1. The molecule has 1 amide bonds. The molecule has 0 aliphatic carbocycles. The first-order valence-corrected chi connectivity index (χ1v) is 4.03. The number of carbonyl (C=O) groups is 1. The van der Waals surface area contributed by atoms with Gasteiger partial charge in [-0.3, -0.25) is 9.78 Å². The average molecular weight is 251 g/mol. The summed E-state index contributed by atoms with van der Waals surface area (Å²) in [5.41, 5.74) is 3.85. The van der Waals surface area contributed by atoms with Crippen LogP contribution in [0.2, 0.25) is 0 Å². The van der Waals surface area contributed by atoms with Crippen LogP contribution >= 0.6 is 15.9 Å². The molecule has 0 saturated carbocycles. The number of hydrogen-bond donors (Lipinski definition) is 1. The summed E-state index contributed by atoms with van der Waals surface area (Å²) < 4.78 is 26.3. The van der Waals surface area contributed by atoms with E-state index < -0.39 is 17.5 Å². The molecule has 0 bridgehead atoms. The van der Waals surface area contributed by atoms with Gasteiger partial charge in [-0.1, -0.05) is 0 Å². The van der Waals surface area contributed by atoms with Gasteiger partial charge in [-0.2, -0.15) is 8.78 Å². The summed E-state index contributed by atoms with van der Waals surface area (Å²) in [4.78, 5) is 13.7. The summed E-state index contributed by atoms with van der Waals surface area (Å²) in [6, 6.07) is 2.40. The van der Waals surface area contributed by atoms with E-state index in [1.165, 1.54) is 12.3 Å². The number of amides is 1. The molecule has 13 heavy (non-hydrogen) atoms. The Morgan fingerprint density at radius 2 is 2.15 bits per heavy atom. The van der Waals surface area contributed by atoms with Crippen molar-refractivity contribution in [3.63, 3.8) is 0 Å². The molecule has 1 aromatic heterocycles. The van der Waals surface area contributed by atoms with Crippen LogP contribution in [-0.2, 0) is 10.7 Å². The van der Waals surface area contributed by atoms with E-state index in [1.807, 2.05) is 0 Å². The normalized spacial score (nSPS) is 11.3. The minimum absolute atomic E-state index is 0.552. The van der Waals surface area contributed by atoms with Gasteiger partial charge < -0.3 is 5.73 Å². The Kier molecular flexibility index (Phi) is 2.60. The molecule has 1 aromatic rings. The van der Waals surface area contributed by atoms with Crippen molar-refractivity contribution < 1.29 is 13.6 Å². The Morgan fingerprint density at radius 3 is 2.54 bits per heavy atom. The number of alkyl halides is 2. The van der Waals surface area contributed by atoms with Gasteiger partial charge in [0.1, 0.15) is 5.69 Å². The standard InChI is InChI=1S/C7H5BrF2N2O/c8-4-1-2-5(12-3-4)7(9,10)6(11)13/h1-3H,(H2,11,13). The minimum Gasteiger partial charge on any atom is -0.364 e. The van der Waals surface area contributed by atoms with Gasteiger partial charge in [0.2, 0.25) is 0 Å². The number of hydrogen-bond acceptors (Lipinski definition) is 2. The van der Waals surface area contributed by atoms with Crippen molar-refractivity contribution in [2.75, 3.05) is 0 Å². The largest absolute Gasteiger partial charge is 0.365 e. The maximum absolute atomic E-state index is 12.9. The van der Waals surface area contributed by atoms with Crippen LogP contribution in [0.5, 0.6) is 0 Å². The Balaban J connectivity index is 3.08. The molecule has 0 fully saturated rings. The lowest BCUT2D eigenvalue weighted by atomic mass is 10.2. The lowest BCUT2D eigenvalue weighted by molar-refractivity contribution is -0.143. The molecular weight excluding hydrogens is 246 g/mol. The quantitative estimate of drug-likeness (QED) is 0.864. The fourth-order valence-corrected chi connectivity index (χ4v) is 0.922. The van der Waals surface area contributed by atoms with E-state index in [9.17, 15) is 13.6 Å². The van der Waals surface area contributed by atoms with E-state index in [4.69, 9.17) is 0 Å². The van der Waals surface area contributed by atoms with Crippen molar-refractivity contribution in [1.29, 1.82) is 0 Å². The van der Waals surface area contributed by atoms with Gasteiger partial charge >= 0.3 is 5.92 Å². The Labute approximate surface area is 81.1 Å². The second-order valence-corrected chi connectivity index (χ2v) is 3.22. The molecule has 1 heterocycles. The molecule has 0 unspecified atom stereocenters. The second-order valence-electron chi connectivity index (χ2n) is 2.30. The fraction of sp³-hybridized carbons (Fsp3) is 0.143. The van der Waals surface area contributed by atoms with Gasteiger partial charge in [0.15, 0.2) is 0 Å². The molecule has 1 rings (SSSR count). The zero-order valence-corrected chi connectivity index (χ0v) is 7.88. The summed E-state index contributed by atoms with van der Waals surface area (Å²) in [6.45, 7) is 0. The third kappa shape index (κ3) is 2.00. The van der Waals surface area contributed by atoms with E-state index in [1.54, 1.807) is 0 Å². The Bertz CT molecular complexity index is 326. The highest BCUT2D eigenvalue weighted by atomic mass is 79.9. The fourth-order valence-electron chi connectivity index (χ4n) is 0.688. The number of carbonyl (C=O) groups excluding carboxylic acids is 1. The highest BCUT2D eigenvalue weighted by Crippen LogP contribution is 2.26. The molecule has 0 saturated heterocycles. The van der Waals surface area contributed by atoms with Crippen LogP contribution in [0.25, 0.3) is 0 Å². The first kappa shape index (κ1) is 10.0. The average Bonchev–Trinajstić information content (AvgIpc) is 2.04. The van der Waals surface area contributed by atoms with Crippen molar-refractivity contribution >= 4 is 21.8 Å². The number of primary amides is 1. The van der Waals surface area contributed by atoms with Crippen LogP contribution in [0.4, 0.5) is 8.78 Å². The molecule has 0 atom stereocenters. The second kappa shape index (κ2) is 3.37. The summed E-state index contributed by atoms with van der Waals surface area (Å²) in [5, 5.41) is 0. The number of nitrogens with zero attached hydrogens (tertiary/aromatic N) is 1. The van der Waals surface area contributed by atoms with Crippen LogP contribution < -0.4 is 5.73 Å². The van der Waals surface area contributed by atoms with Crippen molar-refractivity contribution in [3.05, 3.63) is 28.5 Å². The molecule has 0 radical (unpaired) electrons. The van der Waals surface area contributed by atoms with Crippen molar-refractivity contribution in [2.45, 2.75) is 5.92 Å². The monoisotopic (exact) mass is 250 g/mol. The molecule has 70 valence electrons. The van der Waals surface area contributed by atoms with E-state index in [-0.39, 0.29) is 0 Å². The molecule has 0 aliphatic heterocycles. The molecule has 0 spiro atoms. The predicted octanol–water partition coefficient (Wildman–Crippen LogP) is 1.42. The first-order valence-electron chi connectivity index (χ1n) is 3.24. The van der Waals surface area contributed by atoms with E-state index in [0.717, 1.165) is 6.07 Å². The molecule has 0 aromatic carbocycles. The first-order chi connectivity index (χ1) is 5.94. The van der Waals surface area contributed by atoms with Crippen LogP contribution in [0.1, 0.15) is 5.69 Å². The van der Waals surface area contributed by atoms with Gasteiger partial charge in [-0.05, 0) is 28.1 Å². The smallest absolute Gasteiger partial charge is 0.364 e. The summed E-state index contributed by atoms with van der Waals surface area (Å²) in [7, 11) is 0. The number of halogens is 3. The number of aromatic nitrogens is 1. The maximum Gasteiger partial charge on any atom is 0.365 e. The van der Waals surface area contributed by atoms with Crippen LogP contribution in [0, 0.1) is 0 Å². The number of pyridine rings is 1. The predicted molar refractivity (Wildman–Crippen MR) is 45.0 cm³/mol. The summed E-state index contributed by atoms with van der Waals surface area (Å²) in [6.07, 6.45) is 1.17. The van der Waals surface area contributed by atoms with Gasteiger partial charge in [0.05, 0.1) is 0 Å². The third-order valence-electron chi connectivity index (χ3n) is 1.36. The summed E-state index contributed by atoms with van der Waals surface area (Å²) in [5.74, 6) is -5.41. The SMILES string of the molecule is NC(=O)C(F)(F)c1ccc(Br)cn1. The van der Waals surface area contributed by atoms with E-state index in [0.29, 0.717) is 4.47 Å². The van der Waals surface area contributed by atoms with Crippen molar-refractivity contribution in [3.8, 4) is 0 Å². The molecular formula is C7H5BrF2N2O. The topological polar surface area (TPSA) is 56.0 Å².